The molecule has 18 heavy (non-hydrogen) atoms. The SMILES string of the molecule is CC(=O)c1cc(F)cc(N(C)C2CCCCC2)c1. The van der Waals surface area contributed by atoms with Gasteiger partial charge in [-0.25, -0.2) is 4.39 Å². The number of anilines is 1. The standard InChI is InChI=1S/C15H20FNO/c1-11(18)12-8-13(16)10-15(9-12)17(2)14-6-4-3-5-7-14/h8-10,14H,3-7H2,1-2H3. The fraction of sp³-hybridized carbons (Fsp3) is 0.533. The smallest absolute Gasteiger partial charge is 0.159 e. The zero-order chi connectivity index (χ0) is 13.1. The first kappa shape index (κ1) is 13.1. The Labute approximate surface area is 108 Å². The molecule has 3 heteroatoms. The van der Waals surface area contributed by atoms with Crippen molar-refractivity contribution in [1.29, 1.82) is 0 Å². The third-order valence-corrected chi connectivity index (χ3v) is 3.82. The van der Waals surface area contributed by atoms with Gasteiger partial charge in [-0.3, -0.25) is 4.79 Å². The van der Waals surface area contributed by atoms with E-state index in [4.69, 9.17) is 0 Å². The molecule has 1 aliphatic rings. The van der Waals surface area contributed by atoms with E-state index in [9.17, 15) is 9.18 Å². The van der Waals surface area contributed by atoms with Gasteiger partial charge in [0.25, 0.3) is 0 Å². The van der Waals surface area contributed by atoms with Gasteiger partial charge in [0.1, 0.15) is 5.82 Å². The Hall–Kier alpha value is -1.38. The number of benzene rings is 1. The number of Topliss-reactive ketones (excluding diaryl/α,β-unsaturated/α-hetero) is 1. The number of rotatable bonds is 3. The number of carbonyl (C=O) groups excluding carboxylic acids is 1. The minimum Gasteiger partial charge on any atom is -0.372 e. The van der Waals surface area contributed by atoms with Crippen LogP contribution in [0.5, 0.6) is 0 Å². The molecule has 0 heterocycles. The van der Waals surface area contributed by atoms with Crippen LogP contribution in [-0.2, 0) is 0 Å². The van der Waals surface area contributed by atoms with Crippen molar-refractivity contribution in [3.8, 4) is 0 Å². The van der Waals surface area contributed by atoms with E-state index in [1.807, 2.05) is 7.05 Å². The number of nitrogens with zero attached hydrogens (tertiary/aromatic N) is 1. The minimum absolute atomic E-state index is 0.0900. The van der Waals surface area contributed by atoms with Gasteiger partial charge >= 0.3 is 0 Å². The zero-order valence-electron chi connectivity index (χ0n) is 11.1. The van der Waals surface area contributed by atoms with E-state index in [2.05, 4.69) is 4.90 Å². The van der Waals surface area contributed by atoms with E-state index in [1.54, 1.807) is 6.07 Å². The number of halogens is 1. The topological polar surface area (TPSA) is 20.3 Å². The van der Waals surface area contributed by atoms with Crippen molar-refractivity contribution in [2.75, 3.05) is 11.9 Å². The Morgan fingerprint density at radius 1 is 1.22 bits per heavy atom. The monoisotopic (exact) mass is 249 g/mol. The molecule has 2 nitrogen and oxygen atoms in total. The van der Waals surface area contributed by atoms with E-state index >= 15 is 0 Å². The fourth-order valence-corrected chi connectivity index (χ4v) is 2.66. The molecule has 0 bridgehead atoms. The first-order valence-corrected chi connectivity index (χ1v) is 6.62. The normalized spacial score (nSPS) is 16.6. The van der Waals surface area contributed by atoms with Gasteiger partial charge in [0, 0.05) is 24.3 Å². The molecule has 0 radical (unpaired) electrons. The molecule has 0 aromatic heterocycles. The lowest BCUT2D eigenvalue weighted by Crippen LogP contribution is -2.33. The summed E-state index contributed by atoms with van der Waals surface area (Å²) in [6, 6.07) is 5.09. The molecule has 0 saturated heterocycles. The Balaban J connectivity index is 2.23. The summed E-state index contributed by atoms with van der Waals surface area (Å²) in [5.41, 5.74) is 1.26. The van der Waals surface area contributed by atoms with Crippen LogP contribution in [0, 0.1) is 5.82 Å². The van der Waals surface area contributed by atoms with Crippen molar-refractivity contribution in [3.63, 3.8) is 0 Å². The van der Waals surface area contributed by atoms with Crippen molar-refractivity contribution in [2.45, 2.75) is 45.1 Å². The molecule has 1 aromatic carbocycles. The van der Waals surface area contributed by atoms with Crippen LogP contribution >= 0.6 is 0 Å². The lowest BCUT2D eigenvalue weighted by atomic mass is 9.94. The molecule has 0 unspecified atom stereocenters. The second-order valence-electron chi connectivity index (χ2n) is 5.16. The molecule has 0 spiro atoms. The first-order valence-electron chi connectivity index (χ1n) is 6.62. The van der Waals surface area contributed by atoms with Crippen LogP contribution in [0.2, 0.25) is 0 Å². The van der Waals surface area contributed by atoms with Crippen LogP contribution in [0.4, 0.5) is 10.1 Å². The molecular weight excluding hydrogens is 229 g/mol. The highest BCUT2D eigenvalue weighted by atomic mass is 19.1. The average Bonchev–Trinajstić information content (AvgIpc) is 2.38. The molecule has 1 saturated carbocycles. The predicted molar refractivity (Wildman–Crippen MR) is 71.7 cm³/mol. The van der Waals surface area contributed by atoms with Gasteiger partial charge in [-0.1, -0.05) is 19.3 Å². The Morgan fingerprint density at radius 2 is 1.89 bits per heavy atom. The van der Waals surface area contributed by atoms with E-state index < -0.39 is 0 Å². The molecule has 1 aromatic rings. The van der Waals surface area contributed by atoms with E-state index in [1.165, 1.54) is 38.3 Å². The van der Waals surface area contributed by atoms with Crippen LogP contribution in [0.1, 0.15) is 49.4 Å². The van der Waals surface area contributed by atoms with E-state index in [-0.39, 0.29) is 11.6 Å². The summed E-state index contributed by atoms with van der Waals surface area (Å²) in [5.74, 6) is -0.423. The summed E-state index contributed by atoms with van der Waals surface area (Å²) in [7, 11) is 1.99. The van der Waals surface area contributed by atoms with Gasteiger partial charge in [0.2, 0.25) is 0 Å². The highest BCUT2D eigenvalue weighted by Gasteiger charge is 2.19. The van der Waals surface area contributed by atoms with Crippen LogP contribution < -0.4 is 4.90 Å². The van der Waals surface area contributed by atoms with Crippen molar-refractivity contribution < 1.29 is 9.18 Å². The Bertz CT molecular complexity index is 438. The van der Waals surface area contributed by atoms with Crippen molar-refractivity contribution in [1.82, 2.24) is 0 Å². The van der Waals surface area contributed by atoms with Gasteiger partial charge in [-0.15, -0.1) is 0 Å². The van der Waals surface area contributed by atoms with Crippen LogP contribution in [-0.4, -0.2) is 18.9 Å². The van der Waals surface area contributed by atoms with Crippen molar-refractivity contribution in [3.05, 3.63) is 29.6 Å². The molecule has 0 amide bonds. The summed E-state index contributed by atoms with van der Waals surface area (Å²) >= 11 is 0. The molecule has 0 N–H and O–H groups in total. The Kier molecular flexibility index (Phi) is 4.00. The second-order valence-corrected chi connectivity index (χ2v) is 5.16. The molecule has 2 rings (SSSR count). The third-order valence-electron chi connectivity index (χ3n) is 3.82. The third kappa shape index (κ3) is 2.89. The van der Waals surface area contributed by atoms with Crippen molar-refractivity contribution >= 4 is 11.5 Å². The minimum atomic E-state index is -0.333. The first-order chi connectivity index (χ1) is 8.58. The van der Waals surface area contributed by atoms with Crippen LogP contribution in [0.3, 0.4) is 0 Å². The van der Waals surface area contributed by atoms with Crippen LogP contribution in [0.25, 0.3) is 0 Å². The van der Waals surface area contributed by atoms with Gasteiger partial charge < -0.3 is 4.90 Å². The van der Waals surface area contributed by atoms with E-state index in [0.717, 1.165) is 18.5 Å². The number of hydrogen-bond donors (Lipinski definition) is 0. The maximum Gasteiger partial charge on any atom is 0.159 e. The molecule has 98 valence electrons. The fourth-order valence-electron chi connectivity index (χ4n) is 2.66. The lowest BCUT2D eigenvalue weighted by Gasteiger charge is -2.33. The second kappa shape index (κ2) is 5.51. The van der Waals surface area contributed by atoms with Crippen molar-refractivity contribution in [2.24, 2.45) is 0 Å². The summed E-state index contributed by atoms with van der Waals surface area (Å²) in [5, 5.41) is 0. The molecule has 0 aliphatic heterocycles. The van der Waals surface area contributed by atoms with Crippen LogP contribution in [0.15, 0.2) is 18.2 Å². The van der Waals surface area contributed by atoms with Gasteiger partial charge in [0.15, 0.2) is 5.78 Å². The Morgan fingerprint density at radius 3 is 2.50 bits per heavy atom. The number of carbonyl (C=O) groups is 1. The summed E-state index contributed by atoms with van der Waals surface area (Å²) in [6.45, 7) is 1.47. The van der Waals surface area contributed by atoms with E-state index in [0.29, 0.717) is 11.6 Å². The molecular formula is C15H20FNO. The molecule has 1 aliphatic carbocycles. The summed E-state index contributed by atoms with van der Waals surface area (Å²) in [6.07, 6.45) is 6.09. The maximum absolute atomic E-state index is 13.5. The van der Waals surface area contributed by atoms with Gasteiger partial charge in [-0.05, 0) is 38.0 Å². The maximum atomic E-state index is 13.5. The molecule has 1 fully saturated rings. The van der Waals surface area contributed by atoms with Gasteiger partial charge in [-0.2, -0.15) is 0 Å². The molecule has 0 atom stereocenters. The number of hydrogen-bond acceptors (Lipinski definition) is 2. The predicted octanol–water partition coefficient (Wildman–Crippen LogP) is 3.80. The summed E-state index contributed by atoms with van der Waals surface area (Å²) < 4.78 is 13.5. The summed E-state index contributed by atoms with van der Waals surface area (Å²) in [4.78, 5) is 13.5. The highest BCUT2D eigenvalue weighted by molar-refractivity contribution is 5.95. The average molecular weight is 249 g/mol. The largest absolute Gasteiger partial charge is 0.372 e. The zero-order valence-corrected chi connectivity index (χ0v) is 11.1. The lowest BCUT2D eigenvalue weighted by molar-refractivity contribution is 0.101. The quantitative estimate of drug-likeness (QED) is 0.759. The number of ketones is 1. The van der Waals surface area contributed by atoms with Gasteiger partial charge in [0.05, 0.1) is 0 Å². The highest BCUT2D eigenvalue weighted by Crippen LogP contribution is 2.27.